The molecule has 110 valence electrons. The fraction of sp³-hybridized carbons (Fsp3) is 0.294. The predicted octanol–water partition coefficient (Wildman–Crippen LogP) is 3.77. The van der Waals surface area contributed by atoms with Gasteiger partial charge in [-0.25, -0.2) is 0 Å². The highest BCUT2D eigenvalue weighted by Gasteiger charge is 2.11. The van der Waals surface area contributed by atoms with E-state index in [1.165, 1.54) is 0 Å². The lowest BCUT2D eigenvalue weighted by Gasteiger charge is -2.13. The third kappa shape index (κ3) is 3.81. The van der Waals surface area contributed by atoms with Crippen molar-refractivity contribution in [1.82, 2.24) is 4.98 Å². The number of para-hydroxylation sites is 1. The third-order valence-corrected chi connectivity index (χ3v) is 3.17. The van der Waals surface area contributed by atoms with Gasteiger partial charge in [-0.05, 0) is 51.0 Å². The topological polar surface area (TPSA) is 54.0 Å². The van der Waals surface area contributed by atoms with Gasteiger partial charge >= 0.3 is 0 Å². The van der Waals surface area contributed by atoms with Crippen LogP contribution in [0.3, 0.4) is 0 Å². The molecule has 0 saturated carbocycles. The summed E-state index contributed by atoms with van der Waals surface area (Å²) in [5.74, 6) is -0.195. The molecule has 4 nitrogen and oxygen atoms in total. The molecule has 0 aliphatic carbocycles. The van der Waals surface area contributed by atoms with Crippen LogP contribution in [0.2, 0.25) is 0 Å². The highest BCUT2D eigenvalue weighted by Crippen LogP contribution is 2.20. The summed E-state index contributed by atoms with van der Waals surface area (Å²) < 4.78 is 0. The van der Waals surface area contributed by atoms with Gasteiger partial charge in [0.25, 0.3) is 5.91 Å². The van der Waals surface area contributed by atoms with E-state index in [0.29, 0.717) is 11.7 Å². The number of hydrogen-bond donors (Lipinski definition) is 2. The Morgan fingerprint density at radius 2 is 1.81 bits per heavy atom. The van der Waals surface area contributed by atoms with Crippen LogP contribution in [-0.4, -0.2) is 16.9 Å². The number of benzene rings is 1. The van der Waals surface area contributed by atoms with Crippen LogP contribution in [0.5, 0.6) is 0 Å². The Morgan fingerprint density at radius 1 is 1.14 bits per heavy atom. The summed E-state index contributed by atoms with van der Waals surface area (Å²) in [4.78, 5) is 16.5. The number of hydrogen-bond acceptors (Lipinski definition) is 3. The fourth-order valence-electron chi connectivity index (χ4n) is 2.17. The number of aromatic nitrogens is 1. The molecule has 4 heteroatoms. The van der Waals surface area contributed by atoms with E-state index < -0.39 is 0 Å². The van der Waals surface area contributed by atoms with Gasteiger partial charge in [-0.2, -0.15) is 0 Å². The molecule has 1 aromatic heterocycles. The number of carbonyl (C=O) groups excluding carboxylic acids is 1. The second kappa shape index (κ2) is 6.39. The maximum atomic E-state index is 12.4. The van der Waals surface area contributed by atoms with Gasteiger partial charge < -0.3 is 10.6 Å². The molecule has 21 heavy (non-hydrogen) atoms. The molecule has 0 saturated heterocycles. The Morgan fingerprint density at radius 3 is 2.43 bits per heavy atom. The molecule has 0 unspecified atom stereocenters. The molecule has 2 N–H and O–H groups in total. The van der Waals surface area contributed by atoms with Gasteiger partial charge in [0.05, 0.1) is 0 Å². The van der Waals surface area contributed by atoms with Crippen LogP contribution in [0.4, 0.5) is 11.4 Å². The Bertz CT molecular complexity index is 630. The van der Waals surface area contributed by atoms with Crippen molar-refractivity contribution in [3.05, 3.63) is 53.3 Å². The number of rotatable bonds is 4. The smallest absolute Gasteiger partial charge is 0.274 e. The second-order valence-electron chi connectivity index (χ2n) is 5.45. The van der Waals surface area contributed by atoms with Crippen molar-refractivity contribution in [2.45, 2.75) is 33.7 Å². The Balaban J connectivity index is 2.21. The largest absolute Gasteiger partial charge is 0.383 e. The SMILES string of the molecule is Cc1cccc(C)c1NC(=O)c1cc(NC(C)C)ccn1. The molecule has 0 aliphatic rings. The molecule has 1 heterocycles. The molecular formula is C17H21N3O. The van der Waals surface area contributed by atoms with E-state index in [1.54, 1.807) is 12.3 Å². The number of pyridine rings is 1. The van der Waals surface area contributed by atoms with Crippen LogP contribution in [0.1, 0.15) is 35.5 Å². The standard InChI is InChI=1S/C17H21N3O/c1-11(2)19-14-8-9-18-15(10-14)17(21)20-16-12(3)6-5-7-13(16)4/h5-11H,1-4H3,(H,18,19)(H,20,21). The van der Waals surface area contributed by atoms with Crippen molar-refractivity contribution >= 4 is 17.3 Å². The van der Waals surface area contributed by atoms with Gasteiger partial charge in [0.2, 0.25) is 0 Å². The Labute approximate surface area is 125 Å². The first-order valence-corrected chi connectivity index (χ1v) is 7.07. The minimum Gasteiger partial charge on any atom is -0.383 e. The summed E-state index contributed by atoms with van der Waals surface area (Å²) in [5, 5.41) is 6.21. The number of nitrogens with one attached hydrogen (secondary N) is 2. The second-order valence-corrected chi connectivity index (χ2v) is 5.45. The molecule has 0 aliphatic heterocycles. The summed E-state index contributed by atoms with van der Waals surface area (Å²) in [7, 11) is 0. The van der Waals surface area contributed by atoms with Crippen molar-refractivity contribution in [1.29, 1.82) is 0 Å². The minimum atomic E-state index is -0.195. The van der Waals surface area contributed by atoms with E-state index >= 15 is 0 Å². The fourth-order valence-corrected chi connectivity index (χ4v) is 2.17. The van der Waals surface area contributed by atoms with Gasteiger partial charge in [-0.3, -0.25) is 9.78 Å². The van der Waals surface area contributed by atoms with Crippen molar-refractivity contribution in [2.75, 3.05) is 10.6 Å². The Hall–Kier alpha value is -2.36. The van der Waals surface area contributed by atoms with Gasteiger partial charge in [-0.1, -0.05) is 18.2 Å². The molecule has 1 aromatic carbocycles. The summed E-state index contributed by atoms with van der Waals surface area (Å²) in [6.07, 6.45) is 1.64. The highest BCUT2D eigenvalue weighted by molar-refractivity contribution is 6.04. The molecular weight excluding hydrogens is 262 g/mol. The molecule has 0 atom stereocenters. The molecule has 0 radical (unpaired) electrons. The van der Waals surface area contributed by atoms with E-state index in [0.717, 1.165) is 22.5 Å². The van der Waals surface area contributed by atoms with Crippen LogP contribution in [-0.2, 0) is 0 Å². The van der Waals surface area contributed by atoms with Gasteiger partial charge in [0.1, 0.15) is 5.69 Å². The lowest BCUT2D eigenvalue weighted by atomic mass is 10.1. The number of amides is 1. The first kappa shape index (κ1) is 15.0. The van der Waals surface area contributed by atoms with Crippen LogP contribution in [0.15, 0.2) is 36.5 Å². The zero-order valence-electron chi connectivity index (χ0n) is 12.9. The van der Waals surface area contributed by atoms with Crippen LogP contribution in [0.25, 0.3) is 0 Å². The Kier molecular flexibility index (Phi) is 4.58. The van der Waals surface area contributed by atoms with Crippen LogP contribution in [0, 0.1) is 13.8 Å². The van der Waals surface area contributed by atoms with Crippen molar-refractivity contribution in [2.24, 2.45) is 0 Å². The minimum absolute atomic E-state index is 0.195. The van der Waals surface area contributed by atoms with Crippen molar-refractivity contribution in [3.63, 3.8) is 0 Å². The quantitative estimate of drug-likeness (QED) is 0.898. The van der Waals surface area contributed by atoms with E-state index in [9.17, 15) is 4.79 Å². The molecule has 0 spiro atoms. The zero-order valence-corrected chi connectivity index (χ0v) is 12.9. The average molecular weight is 283 g/mol. The first-order chi connectivity index (χ1) is 9.97. The zero-order chi connectivity index (χ0) is 15.4. The average Bonchev–Trinajstić information content (AvgIpc) is 2.42. The maximum absolute atomic E-state index is 12.4. The number of nitrogens with zero attached hydrogens (tertiary/aromatic N) is 1. The van der Waals surface area contributed by atoms with Gasteiger partial charge in [0.15, 0.2) is 0 Å². The molecule has 2 aromatic rings. The van der Waals surface area contributed by atoms with E-state index in [-0.39, 0.29) is 5.91 Å². The number of carbonyl (C=O) groups is 1. The van der Waals surface area contributed by atoms with E-state index in [2.05, 4.69) is 29.5 Å². The van der Waals surface area contributed by atoms with E-state index in [1.807, 2.05) is 38.1 Å². The molecule has 0 fully saturated rings. The van der Waals surface area contributed by atoms with Crippen LogP contribution >= 0.6 is 0 Å². The molecule has 1 amide bonds. The summed E-state index contributed by atoms with van der Waals surface area (Å²) in [6, 6.07) is 9.87. The summed E-state index contributed by atoms with van der Waals surface area (Å²) in [6.45, 7) is 8.06. The number of anilines is 2. The van der Waals surface area contributed by atoms with Crippen LogP contribution < -0.4 is 10.6 Å². The van der Waals surface area contributed by atoms with Gasteiger partial charge in [-0.15, -0.1) is 0 Å². The summed E-state index contributed by atoms with van der Waals surface area (Å²) >= 11 is 0. The van der Waals surface area contributed by atoms with Gasteiger partial charge in [0, 0.05) is 23.6 Å². The van der Waals surface area contributed by atoms with E-state index in [4.69, 9.17) is 0 Å². The first-order valence-electron chi connectivity index (χ1n) is 7.07. The lowest BCUT2D eigenvalue weighted by Crippen LogP contribution is -2.16. The molecule has 0 bridgehead atoms. The highest BCUT2D eigenvalue weighted by atomic mass is 16.1. The lowest BCUT2D eigenvalue weighted by molar-refractivity contribution is 0.102. The molecule has 2 rings (SSSR count). The third-order valence-electron chi connectivity index (χ3n) is 3.17. The predicted molar refractivity (Wildman–Crippen MR) is 86.9 cm³/mol. The van der Waals surface area contributed by atoms with Crippen molar-refractivity contribution in [3.8, 4) is 0 Å². The maximum Gasteiger partial charge on any atom is 0.274 e. The number of aryl methyl sites for hydroxylation is 2. The monoisotopic (exact) mass is 283 g/mol. The summed E-state index contributed by atoms with van der Waals surface area (Å²) in [5.41, 5.74) is 4.24. The normalized spacial score (nSPS) is 10.5. The van der Waals surface area contributed by atoms with Crippen molar-refractivity contribution < 1.29 is 4.79 Å².